The Morgan fingerprint density at radius 2 is 1.68 bits per heavy atom. The molecule has 0 spiro atoms. The Bertz CT molecular complexity index is 294. The van der Waals surface area contributed by atoms with Crippen LogP contribution in [0.1, 0.15) is 60.3 Å². The SMILES string of the molecule is CC(C)CCCC[C@H](NC(=O)OC(C)(C)C)C(=O)O. The Balaban J connectivity index is 4.12. The number of carboxylic acids is 1. The standard InChI is InChI=1S/C14H27NO4/c1-10(2)8-6-7-9-11(12(16)17)15-13(18)19-14(3,4)5/h10-11H,6-9H2,1-5H3,(H,15,18)(H,16,17)/t11-/m0/s1. The van der Waals surface area contributed by atoms with E-state index in [0.717, 1.165) is 19.3 Å². The van der Waals surface area contributed by atoms with Crippen LogP contribution in [0.15, 0.2) is 0 Å². The van der Waals surface area contributed by atoms with Gasteiger partial charge in [-0.2, -0.15) is 0 Å². The zero-order chi connectivity index (χ0) is 15.1. The highest BCUT2D eigenvalue weighted by Crippen LogP contribution is 2.11. The van der Waals surface area contributed by atoms with Gasteiger partial charge in [0, 0.05) is 0 Å². The third-order valence-electron chi connectivity index (χ3n) is 2.51. The van der Waals surface area contributed by atoms with Crippen molar-refractivity contribution < 1.29 is 19.4 Å². The van der Waals surface area contributed by atoms with Crippen LogP contribution in [0.3, 0.4) is 0 Å². The Labute approximate surface area is 115 Å². The van der Waals surface area contributed by atoms with E-state index in [2.05, 4.69) is 19.2 Å². The van der Waals surface area contributed by atoms with E-state index in [-0.39, 0.29) is 0 Å². The molecular weight excluding hydrogens is 246 g/mol. The van der Waals surface area contributed by atoms with Gasteiger partial charge in [0.15, 0.2) is 0 Å². The van der Waals surface area contributed by atoms with E-state index in [1.165, 1.54) is 0 Å². The number of nitrogens with one attached hydrogen (secondary N) is 1. The van der Waals surface area contributed by atoms with Crippen LogP contribution in [0.2, 0.25) is 0 Å². The molecule has 0 rings (SSSR count). The molecule has 0 aliphatic rings. The normalized spacial score (nSPS) is 13.2. The second-order valence-electron chi connectivity index (χ2n) is 6.22. The first-order chi connectivity index (χ1) is 8.61. The second kappa shape index (κ2) is 8.02. The van der Waals surface area contributed by atoms with E-state index in [0.29, 0.717) is 12.3 Å². The Morgan fingerprint density at radius 3 is 2.11 bits per heavy atom. The third kappa shape index (κ3) is 10.4. The van der Waals surface area contributed by atoms with Crippen molar-refractivity contribution in [3.8, 4) is 0 Å². The number of carboxylic acid groups (broad SMARTS) is 1. The minimum absolute atomic E-state index is 0.432. The monoisotopic (exact) mass is 273 g/mol. The van der Waals surface area contributed by atoms with E-state index in [1.807, 2.05) is 0 Å². The van der Waals surface area contributed by atoms with Crippen LogP contribution < -0.4 is 5.32 Å². The van der Waals surface area contributed by atoms with Gasteiger partial charge in [-0.05, 0) is 33.1 Å². The summed E-state index contributed by atoms with van der Waals surface area (Å²) in [5.41, 5.74) is -0.620. The fraction of sp³-hybridized carbons (Fsp3) is 0.857. The summed E-state index contributed by atoms with van der Waals surface area (Å²) in [6.45, 7) is 9.49. The van der Waals surface area contributed by atoms with E-state index in [4.69, 9.17) is 9.84 Å². The van der Waals surface area contributed by atoms with Crippen molar-refractivity contribution in [1.29, 1.82) is 0 Å². The zero-order valence-electron chi connectivity index (χ0n) is 12.7. The van der Waals surface area contributed by atoms with Crippen molar-refractivity contribution in [3.05, 3.63) is 0 Å². The fourth-order valence-corrected chi connectivity index (χ4v) is 1.61. The number of alkyl carbamates (subject to hydrolysis) is 1. The lowest BCUT2D eigenvalue weighted by Crippen LogP contribution is -2.43. The minimum Gasteiger partial charge on any atom is -0.480 e. The molecule has 0 aliphatic heterocycles. The quantitative estimate of drug-likeness (QED) is 0.698. The maximum Gasteiger partial charge on any atom is 0.408 e. The molecule has 19 heavy (non-hydrogen) atoms. The van der Waals surface area contributed by atoms with Crippen molar-refractivity contribution in [3.63, 3.8) is 0 Å². The van der Waals surface area contributed by atoms with Gasteiger partial charge >= 0.3 is 12.1 Å². The summed E-state index contributed by atoms with van der Waals surface area (Å²) < 4.78 is 5.05. The van der Waals surface area contributed by atoms with E-state index < -0.39 is 23.7 Å². The number of rotatable bonds is 7. The van der Waals surface area contributed by atoms with Crippen LogP contribution in [0.4, 0.5) is 4.79 Å². The summed E-state index contributed by atoms with van der Waals surface area (Å²) in [7, 11) is 0. The molecule has 0 saturated carbocycles. The highest BCUT2D eigenvalue weighted by molar-refractivity contribution is 5.79. The van der Waals surface area contributed by atoms with Gasteiger partial charge in [-0.3, -0.25) is 0 Å². The number of hydrogen-bond acceptors (Lipinski definition) is 3. The second-order valence-corrected chi connectivity index (χ2v) is 6.22. The summed E-state index contributed by atoms with van der Waals surface area (Å²) >= 11 is 0. The summed E-state index contributed by atoms with van der Waals surface area (Å²) in [6.07, 6.45) is 2.58. The first-order valence-corrected chi connectivity index (χ1v) is 6.84. The molecule has 0 aromatic rings. The van der Waals surface area contributed by atoms with Gasteiger partial charge in [-0.25, -0.2) is 9.59 Å². The van der Waals surface area contributed by atoms with Crippen LogP contribution >= 0.6 is 0 Å². The average Bonchev–Trinajstić information content (AvgIpc) is 2.19. The minimum atomic E-state index is -1.02. The molecule has 0 bridgehead atoms. The van der Waals surface area contributed by atoms with Crippen molar-refractivity contribution in [2.24, 2.45) is 5.92 Å². The van der Waals surface area contributed by atoms with Crippen LogP contribution in [-0.2, 0) is 9.53 Å². The molecule has 0 radical (unpaired) electrons. The van der Waals surface area contributed by atoms with Gasteiger partial charge in [0.1, 0.15) is 11.6 Å². The largest absolute Gasteiger partial charge is 0.480 e. The van der Waals surface area contributed by atoms with E-state index in [9.17, 15) is 9.59 Å². The highest BCUT2D eigenvalue weighted by atomic mass is 16.6. The summed E-state index contributed by atoms with van der Waals surface area (Å²) in [5, 5.41) is 11.5. The maximum absolute atomic E-state index is 11.5. The molecule has 2 N–H and O–H groups in total. The lowest BCUT2D eigenvalue weighted by atomic mass is 10.0. The van der Waals surface area contributed by atoms with Gasteiger partial charge in [-0.1, -0.05) is 33.1 Å². The predicted octanol–water partition coefficient (Wildman–Crippen LogP) is 3.18. The smallest absolute Gasteiger partial charge is 0.408 e. The number of ether oxygens (including phenoxy) is 1. The van der Waals surface area contributed by atoms with Crippen molar-refractivity contribution in [2.75, 3.05) is 0 Å². The lowest BCUT2D eigenvalue weighted by Gasteiger charge is -2.22. The van der Waals surface area contributed by atoms with Crippen molar-refractivity contribution >= 4 is 12.1 Å². The van der Waals surface area contributed by atoms with Gasteiger partial charge in [0.2, 0.25) is 0 Å². The third-order valence-corrected chi connectivity index (χ3v) is 2.51. The zero-order valence-corrected chi connectivity index (χ0v) is 12.7. The number of unbranched alkanes of at least 4 members (excludes halogenated alkanes) is 1. The highest BCUT2D eigenvalue weighted by Gasteiger charge is 2.23. The van der Waals surface area contributed by atoms with E-state index >= 15 is 0 Å². The number of hydrogen-bond donors (Lipinski definition) is 2. The molecule has 0 saturated heterocycles. The first-order valence-electron chi connectivity index (χ1n) is 6.84. The molecule has 0 heterocycles. The van der Waals surface area contributed by atoms with Crippen LogP contribution in [-0.4, -0.2) is 28.8 Å². The van der Waals surface area contributed by atoms with Crippen LogP contribution in [0.5, 0.6) is 0 Å². The molecule has 0 aromatic carbocycles. The first kappa shape index (κ1) is 17.7. The van der Waals surface area contributed by atoms with Gasteiger partial charge < -0.3 is 15.2 Å². The number of aliphatic carboxylic acids is 1. The lowest BCUT2D eigenvalue weighted by molar-refractivity contribution is -0.139. The summed E-state index contributed by atoms with van der Waals surface area (Å²) in [6, 6.07) is -0.873. The average molecular weight is 273 g/mol. The number of amides is 1. The van der Waals surface area contributed by atoms with Crippen LogP contribution in [0.25, 0.3) is 0 Å². The van der Waals surface area contributed by atoms with Crippen molar-refractivity contribution in [1.82, 2.24) is 5.32 Å². The molecule has 0 aliphatic carbocycles. The van der Waals surface area contributed by atoms with Crippen LogP contribution in [0, 0.1) is 5.92 Å². The van der Waals surface area contributed by atoms with Gasteiger partial charge in [0.05, 0.1) is 0 Å². The molecule has 0 fully saturated rings. The Morgan fingerprint density at radius 1 is 1.16 bits per heavy atom. The summed E-state index contributed by atoms with van der Waals surface area (Å²) in [4.78, 5) is 22.6. The van der Waals surface area contributed by atoms with E-state index in [1.54, 1.807) is 20.8 Å². The molecule has 112 valence electrons. The fourth-order valence-electron chi connectivity index (χ4n) is 1.61. The molecule has 0 unspecified atom stereocenters. The topological polar surface area (TPSA) is 75.6 Å². The van der Waals surface area contributed by atoms with Gasteiger partial charge in [0.25, 0.3) is 0 Å². The number of carbonyl (C=O) groups is 2. The predicted molar refractivity (Wildman–Crippen MR) is 74.1 cm³/mol. The molecule has 1 atom stereocenters. The van der Waals surface area contributed by atoms with Gasteiger partial charge in [-0.15, -0.1) is 0 Å². The molecule has 5 heteroatoms. The Kier molecular flexibility index (Phi) is 7.49. The molecule has 1 amide bonds. The number of carbonyl (C=O) groups excluding carboxylic acids is 1. The molecular formula is C14H27NO4. The molecule has 0 aromatic heterocycles. The Hall–Kier alpha value is -1.26. The molecule has 5 nitrogen and oxygen atoms in total. The van der Waals surface area contributed by atoms with Crippen molar-refractivity contribution in [2.45, 2.75) is 71.9 Å². The maximum atomic E-state index is 11.5. The summed E-state index contributed by atoms with van der Waals surface area (Å²) in [5.74, 6) is -0.405.